The molecule has 1 aromatic heterocycles. The highest BCUT2D eigenvalue weighted by Crippen LogP contribution is 2.29. The van der Waals surface area contributed by atoms with Gasteiger partial charge in [-0.05, 0) is 35.9 Å². The highest BCUT2D eigenvalue weighted by atomic mass is 32.2. The molecule has 9 nitrogen and oxygen atoms in total. The Hall–Kier alpha value is -4.02. The lowest BCUT2D eigenvalue weighted by molar-refractivity contribution is -0.113. The molecule has 4 aromatic rings. The largest absolute Gasteiger partial charge is 0.497 e. The number of thioether (sulfide) groups is 1. The van der Waals surface area contributed by atoms with Crippen LogP contribution in [0.1, 0.15) is 5.56 Å². The molecule has 0 bridgehead atoms. The lowest BCUT2D eigenvalue weighted by atomic mass is 10.2. The molecule has 1 aliphatic rings. The van der Waals surface area contributed by atoms with Gasteiger partial charge in [0, 0.05) is 24.8 Å². The summed E-state index contributed by atoms with van der Waals surface area (Å²) in [6, 6.07) is 20.7. The van der Waals surface area contributed by atoms with Gasteiger partial charge >= 0.3 is 0 Å². The lowest BCUT2D eigenvalue weighted by Crippen LogP contribution is -2.36. The van der Waals surface area contributed by atoms with Gasteiger partial charge in [0.25, 0.3) is 5.56 Å². The van der Waals surface area contributed by atoms with Crippen LogP contribution in [0.4, 0.5) is 11.4 Å². The van der Waals surface area contributed by atoms with Crippen LogP contribution in [0.2, 0.25) is 0 Å². The summed E-state index contributed by atoms with van der Waals surface area (Å²) < 4.78 is 17.8. The normalized spacial score (nSPS) is 13.3. The van der Waals surface area contributed by atoms with E-state index in [1.54, 1.807) is 29.9 Å². The number of anilines is 2. The summed E-state index contributed by atoms with van der Waals surface area (Å²) in [5.41, 5.74) is 2.90. The molecule has 1 amide bonds. The zero-order chi connectivity index (χ0) is 27.2. The summed E-state index contributed by atoms with van der Waals surface area (Å²) in [6.45, 7) is 3.22. The van der Waals surface area contributed by atoms with Crippen molar-refractivity contribution in [2.45, 2.75) is 11.7 Å². The number of hydrogen-bond acceptors (Lipinski definition) is 8. The zero-order valence-electron chi connectivity index (χ0n) is 21.9. The second-order valence-corrected chi connectivity index (χ2v) is 9.92. The molecule has 0 atom stereocenters. The Bertz CT molecular complexity index is 1520. The molecule has 1 saturated heterocycles. The van der Waals surface area contributed by atoms with Gasteiger partial charge in [-0.15, -0.1) is 0 Å². The molecular formula is C29H30N4O5S. The number of aromatic nitrogens is 2. The highest BCUT2D eigenvalue weighted by molar-refractivity contribution is 7.99. The first-order valence-corrected chi connectivity index (χ1v) is 13.6. The molecule has 0 spiro atoms. The van der Waals surface area contributed by atoms with Gasteiger partial charge in [-0.1, -0.05) is 42.1 Å². The van der Waals surface area contributed by atoms with E-state index in [2.05, 4.69) is 10.2 Å². The van der Waals surface area contributed by atoms with Crippen LogP contribution in [-0.2, 0) is 16.1 Å². The number of rotatable bonds is 9. The number of nitrogens with one attached hydrogen (secondary N) is 1. The van der Waals surface area contributed by atoms with Crippen molar-refractivity contribution < 1.29 is 19.0 Å². The quantitative estimate of drug-likeness (QED) is 0.248. The highest BCUT2D eigenvalue weighted by Gasteiger charge is 2.18. The Morgan fingerprint density at radius 1 is 1.03 bits per heavy atom. The smallest absolute Gasteiger partial charge is 0.262 e. The van der Waals surface area contributed by atoms with E-state index in [1.807, 2.05) is 48.5 Å². The molecule has 0 aliphatic carbocycles. The van der Waals surface area contributed by atoms with Crippen LogP contribution in [0, 0.1) is 0 Å². The van der Waals surface area contributed by atoms with Crippen molar-refractivity contribution in [3.8, 4) is 11.5 Å². The molecule has 2 heterocycles. The fourth-order valence-electron chi connectivity index (χ4n) is 4.45. The van der Waals surface area contributed by atoms with E-state index in [0.717, 1.165) is 24.3 Å². The van der Waals surface area contributed by atoms with Crippen LogP contribution < -0.4 is 25.2 Å². The van der Waals surface area contributed by atoms with E-state index in [4.69, 9.17) is 19.2 Å². The first-order chi connectivity index (χ1) is 19.1. The zero-order valence-corrected chi connectivity index (χ0v) is 22.7. The maximum absolute atomic E-state index is 13.8. The topological polar surface area (TPSA) is 94.9 Å². The number of carbonyl (C=O) groups is 1. The molecular weight excluding hydrogens is 516 g/mol. The number of morpholine rings is 1. The van der Waals surface area contributed by atoms with Gasteiger partial charge < -0.3 is 24.4 Å². The minimum absolute atomic E-state index is 0.0545. The van der Waals surface area contributed by atoms with Gasteiger partial charge in [0.05, 0.1) is 56.3 Å². The number of fused-ring (bicyclic) bond motifs is 1. The van der Waals surface area contributed by atoms with Crippen molar-refractivity contribution in [3.05, 3.63) is 82.6 Å². The first-order valence-electron chi connectivity index (χ1n) is 12.6. The van der Waals surface area contributed by atoms with Crippen molar-refractivity contribution in [3.63, 3.8) is 0 Å². The van der Waals surface area contributed by atoms with Crippen molar-refractivity contribution in [1.29, 1.82) is 0 Å². The summed E-state index contributed by atoms with van der Waals surface area (Å²) >= 11 is 1.22. The first kappa shape index (κ1) is 26.6. The summed E-state index contributed by atoms with van der Waals surface area (Å²) in [7, 11) is 3.10. The van der Waals surface area contributed by atoms with Crippen molar-refractivity contribution >= 4 is 39.9 Å². The third-order valence-corrected chi connectivity index (χ3v) is 7.45. The predicted octanol–water partition coefficient (Wildman–Crippen LogP) is 4.03. The van der Waals surface area contributed by atoms with E-state index in [-0.39, 0.29) is 17.2 Å². The maximum atomic E-state index is 13.8. The van der Waals surface area contributed by atoms with E-state index in [1.165, 1.54) is 18.9 Å². The van der Waals surface area contributed by atoms with Crippen LogP contribution in [0.3, 0.4) is 0 Å². The number of ether oxygens (including phenoxy) is 3. The van der Waals surface area contributed by atoms with Crippen molar-refractivity contribution in [1.82, 2.24) is 9.55 Å². The Labute approximate surface area is 230 Å². The van der Waals surface area contributed by atoms with Crippen LogP contribution in [0.5, 0.6) is 11.5 Å². The lowest BCUT2D eigenvalue weighted by Gasteiger charge is -2.29. The molecule has 202 valence electrons. The number of methoxy groups -OCH3 is 2. The fourth-order valence-corrected chi connectivity index (χ4v) is 5.25. The van der Waals surface area contributed by atoms with Crippen LogP contribution >= 0.6 is 11.8 Å². The van der Waals surface area contributed by atoms with E-state index in [9.17, 15) is 9.59 Å². The Morgan fingerprint density at radius 2 is 1.82 bits per heavy atom. The molecule has 1 aliphatic heterocycles. The van der Waals surface area contributed by atoms with Gasteiger partial charge in [-0.3, -0.25) is 14.2 Å². The molecule has 0 unspecified atom stereocenters. The average molecular weight is 547 g/mol. The molecule has 5 rings (SSSR count). The molecule has 10 heteroatoms. The van der Waals surface area contributed by atoms with E-state index in [0.29, 0.717) is 53.0 Å². The SMILES string of the molecule is COc1ccc(OC)c(NC(=O)CSc2nc3ccc(N4CCOCC4)cc3c(=O)n2Cc2ccccc2)c1. The van der Waals surface area contributed by atoms with E-state index < -0.39 is 0 Å². The number of nitrogens with zero attached hydrogens (tertiary/aromatic N) is 3. The van der Waals surface area contributed by atoms with Gasteiger partial charge in [0.2, 0.25) is 5.91 Å². The Balaban J connectivity index is 1.44. The molecule has 39 heavy (non-hydrogen) atoms. The van der Waals surface area contributed by atoms with Gasteiger partial charge in [0.15, 0.2) is 5.16 Å². The minimum atomic E-state index is -0.255. The number of hydrogen-bond donors (Lipinski definition) is 1. The third-order valence-electron chi connectivity index (χ3n) is 6.48. The Morgan fingerprint density at radius 3 is 2.56 bits per heavy atom. The monoisotopic (exact) mass is 546 g/mol. The summed E-state index contributed by atoms with van der Waals surface area (Å²) in [6.07, 6.45) is 0. The summed E-state index contributed by atoms with van der Waals surface area (Å²) in [4.78, 5) is 33.8. The number of benzene rings is 3. The summed E-state index contributed by atoms with van der Waals surface area (Å²) in [5, 5.41) is 3.90. The molecule has 0 radical (unpaired) electrons. The molecule has 1 N–H and O–H groups in total. The average Bonchev–Trinajstić information content (AvgIpc) is 2.98. The van der Waals surface area contributed by atoms with Crippen molar-refractivity contribution in [2.75, 3.05) is 56.5 Å². The van der Waals surface area contributed by atoms with Crippen molar-refractivity contribution in [2.24, 2.45) is 0 Å². The number of carbonyl (C=O) groups excluding carboxylic acids is 1. The minimum Gasteiger partial charge on any atom is -0.497 e. The van der Waals surface area contributed by atoms with Gasteiger partial charge in [-0.25, -0.2) is 4.98 Å². The standard InChI is InChI=1S/C29H30N4O5S/c1-36-22-9-11-26(37-2)25(17-22)30-27(34)19-39-29-31-24-10-8-21(32-12-14-38-15-13-32)16-23(24)28(35)33(29)18-20-6-4-3-5-7-20/h3-11,16-17H,12-15,18-19H2,1-2H3,(H,30,34). The predicted molar refractivity (Wildman–Crippen MR) is 153 cm³/mol. The molecule has 1 fully saturated rings. The second-order valence-electron chi connectivity index (χ2n) is 8.98. The molecule has 3 aromatic carbocycles. The van der Waals surface area contributed by atoms with Crippen LogP contribution in [0.15, 0.2) is 76.7 Å². The maximum Gasteiger partial charge on any atom is 0.262 e. The molecule has 0 saturated carbocycles. The fraction of sp³-hybridized carbons (Fsp3) is 0.276. The summed E-state index contributed by atoms with van der Waals surface area (Å²) in [5.74, 6) is 0.923. The van der Waals surface area contributed by atoms with E-state index >= 15 is 0 Å². The van der Waals surface area contributed by atoms with Gasteiger partial charge in [-0.2, -0.15) is 0 Å². The van der Waals surface area contributed by atoms with Gasteiger partial charge in [0.1, 0.15) is 11.5 Å². The van der Waals surface area contributed by atoms with Crippen LogP contribution in [-0.4, -0.2) is 61.7 Å². The number of amides is 1. The third kappa shape index (κ3) is 6.18. The van der Waals surface area contributed by atoms with Crippen LogP contribution in [0.25, 0.3) is 10.9 Å². The Kier molecular flexibility index (Phi) is 8.33. The second kappa shape index (κ2) is 12.2.